The third-order valence-corrected chi connectivity index (χ3v) is 2.09. The number of hydrogen-bond donors (Lipinski definition) is 2. The van der Waals surface area contributed by atoms with E-state index in [2.05, 4.69) is 15.6 Å². The molecule has 0 radical (unpaired) electrons. The van der Waals surface area contributed by atoms with Crippen LogP contribution in [0, 0.1) is 0 Å². The molecule has 0 amide bonds. The second-order valence-corrected chi connectivity index (χ2v) is 3.08. The number of hydrogen-bond acceptors (Lipinski definition) is 3. The van der Waals surface area contributed by atoms with Crippen molar-refractivity contribution in [3.63, 3.8) is 0 Å². The summed E-state index contributed by atoms with van der Waals surface area (Å²) in [6.07, 6.45) is 4.85. The van der Waals surface area contributed by atoms with Crippen molar-refractivity contribution in [2.24, 2.45) is 0 Å². The first kappa shape index (κ1) is 7.55. The molecule has 64 valence electrons. The molecular formula is C9H13N3. The van der Waals surface area contributed by atoms with Crippen LogP contribution in [0.25, 0.3) is 0 Å². The maximum Gasteiger partial charge on any atom is 0.0529 e. The predicted molar refractivity (Wildman–Crippen MR) is 49.1 cm³/mol. The zero-order chi connectivity index (χ0) is 8.23. The minimum absolute atomic E-state index is 0.578. The number of anilines is 1. The highest BCUT2D eigenvalue weighted by Crippen LogP contribution is 2.08. The molecule has 0 saturated carbocycles. The molecule has 1 aromatic rings. The summed E-state index contributed by atoms with van der Waals surface area (Å²) in [5.41, 5.74) is 1.12. The van der Waals surface area contributed by atoms with Gasteiger partial charge in [-0.1, -0.05) is 0 Å². The lowest BCUT2D eigenvalue weighted by molar-refractivity contribution is 0.792. The normalized spacial score (nSPS) is 22.5. The first-order chi connectivity index (χ1) is 5.95. The highest BCUT2D eigenvalue weighted by Gasteiger charge is 2.13. The van der Waals surface area contributed by atoms with Crippen LogP contribution in [0.3, 0.4) is 0 Å². The number of pyridine rings is 1. The number of nitrogens with one attached hydrogen (secondary N) is 2. The molecule has 3 heteroatoms. The van der Waals surface area contributed by atoms with Gasteiger partial charge in [0.25, 0.3) is 0 Å². The second kappa shape index (κ2) is 3.54. The van der Waals surface area contributed by atoms with E-state index < -0.39 is 0 Å². The van der Waals surface area contributed by atoms with Gasteiger partial charge in [-0.2, -0.15) is 0 Å². The summed E-state index contributed by atoms with van der Waals surface area (Å²) in [6.45, 7) is 2.19. The molecule has 0 bridgehead atoms. The Morgan fingerprint density at radius 3 is 3.25 bits per heavy atom. The van der Waals surface area contributed by atoms with E-state index in [1.165, 1.54) is 6.42 Å². The van der Waals surface area contributed by atoms with Gasteiger partial charge in [0.05, 0.1) is 5.69 Å². The van der Waals surface area contributed by atoms with E-state index in [4.69, 9.17) is 0 Å². The van der Waals surface area contributed by atoms with Crippen LogP contribution in [0.1, 0.15) is 6.42 Å². The Bertz CT molecular complexity index is 229. The molecule has 0 aliphatic carbocycles. The summed E-state index contributed by atoms with van der Waals surface area (Å²) in [4.78, 5) is 4.04. The van der Waals surface area contributed by atoms with Crippen LogP contribution < -0.4 is 10.6 Å². The van der Waals surface area contributed by atoms with E-state index in [1.807, 2.05) is 18.3 Å². The molecule has 3 nitrogen and oxygen atoms in total. The van der Waals surface area contributed by atoms with Gasteiger partial charge in [0.2, 0.25) is 0 Å². The standard InChI is InChI=1S/C9H13N3/c1-2-8(6-10-4-1)12-9-3-5-11-7-9/h1-2,4,6,9,11-12H,3,5,7H2/t9-/m0/s1. The Morgan fingerprint density at radius 2 is 2.58 bits per heavy atom. The summed E-state index contributed by atoms with van der Waals surface area (Å²) < 4.78 is 0. The summed E-state index contributed by atoms with van der Waals surface area (Å²) in [6, 6.07) is 4.57. The molecule has 1 atom stereocenters. The van der Waals surface area contributed by atoms with E-state index in [9.17, 15) is 0 Å². The first-order valence-electron chi connectivity index (χ1n) is 4.32. The Hall–Kier alpha value is -1.09. The molecule has 2 N–H and O–H groups in total. The maximum absolute atomic E-state index is 4.04. The lowest BCUT2D eigenvalue weighted by Gasteiger charge is -2.11. The Balaban J connectivity index is 1.94. The molecule has 2 heterocycles. The molecule has 1 aromatic heterocycles. The molecule has 12 heavy (non-hydrogen) atoms. The minimum Gasteiger partial charge on any atom is -0.380 e. The average Bonchev–Trinajstić information content (AvgIpc) is 2.59. The van der Waals surface area contributed by atoms with Crippen molar-refractivity contribution in [2.75, 3.05) is 18.4 Å². The lowest BCUT2D eigenvalue weighted by Crippen LogP contribution is -2.21. The Labute approximate surface area is 72.2 Å². The smallest absolute Gasteiger partial charge is 0.0529 e. The third-order valence-electron chi connectivity index (χ3n) is 2.09. The average molecular weight is 163 g/mol. The zero-order valence-electron chi connectivity index (χ0n) is 6.96. The second-order valence-electron chi connectivity index (χ2n) is 3.08. The fraction of sp³-hybridized carbons (Fsp3) is 0.444. The van der Waals surface area contributed by atoms with E-state index in [1.54, 1.807) is 6.20 Å². The van der Waals surface area contributed by atoms with E-state index >= 15 is 0 Å². The molecule has 2 rings (SSSR count). The fourth-order valence-corrected chi connectivity index (χ4v) is 1.46. The van der Waals surface area contributed by atoms with Crippen molar-refractivity contribution >= 4 is 5.69 Å². The maximum atomic E-state index is 4.04. The van der Waals surface area contributed by atoms with Crippen molar-refractivity contribution in [3.8, 4) is 0 Å². The van der Waals surface area contributed by atoms with Gasteiger partial charge in [0.15, 0.2) is 0 Å². The van der Waals surface area contributed by atoms with Gasteiger partial charge in [0.1, 0.15) is 0 Å². The summed E-state index contributed by atoms with van der Waals surface area (Å²) in [5, 5.41) is 6.73. The van der Waals surface area contributed by atoms with Crippen molar-refractivity contribution in [1.29, 1.82) is 0 Å². The van der Waals surface area contributed by atoms with Crippen molar-refractivity contribution in [3.05, 3.63) is 24.5 Å². The molecule has 1 aliphatic rings. The quantitative estimate of drug-likeness (QED) is 0.679. The van der Waals surface area contributed by atoms with Crippen LogP contribution in [0.5, 0.6) is 0 Å². The van der Waals surface area contributed by atoms with Gasteiger partial charge in [-0.3, -0.25) is 4.98 Å². The van der Waals surface area contributed by atoms with Crippen LogP contribution in [0.15, 0.2) is 24.5 Å². The summed E-state index contributed by atoms with van der Waals surface area (Å²) >= 11 is 0. The zero-order valence-corrected chi connectivity index (χ0v) is 6.96. The molecule has 1 fully saturated rings. The van der Waals surface area contributed by atoms with Crippen molar-refractivity contribution < 1.29 is 0 Å². The van der Waals surface area contributed by atoms with Gasteiger partial charge in [-0.25, -0.2) is 0 Å². The van der Waals surface area contributed by atoms with Crippen LogP contribution in [-0.2, 0) is 0 Å². The molecular weight excluding hydrogens is 150 g/mol. The number of nitrogens with zero attached hydrogens (tertiary/aromatic N) is 1. The summed E-state index contributed by atoms with van der Waals surface area (Å²) in [5.74, 6) is 0. The minimum atomic E-state index is 0.578. The van der Waals surface area contributed by atoms with Gasteiger partial charge in [0, 0.05) is 25.0 Å². The predicted octanol–water partition coefficient (Wildman–Crippen LogP) is 0.855. The third kappa shape index (κ3) is 1.74. The van der Waals surface area contributed by atoms with Crippen LogP contribution >= 0.6 is 0 Å². The fourth-order valence-electron chi connectivity index (χ4n) is 1.46. The SMILES string of the molecule is c1cncc(N[C@H]2CCNC2)c1. The first-order valence-corrected chi connectivity index (χ1v) is 4.32. The Morgan fingerprint density at radius 1 is 1.58 bits per heavy atom. The highest BCUT2D eigenvalue weighted by atomic mass is 15.0. The molecule has 0 spiro atoms. The Kier molecular flexibility index (Phi) is 2.23. The highest BCUT2D eigenvalue weighted by molar-refractivity contribution is 5.41. The van der Waals surface area contributed by atoms with E-state index in [0.717, 1.165) is 18.8 Å². The molecule has 0 unspecified atom stereocenters. The lowest BCUT2D eigenvalue weighted by atomic mass is 10.2. The van der Waals surface area contributed by atoms with Crippen molar-refractivity contribution in [2.45, 2.75) is 12.5 Å². The molecule has 0 aromatic carbocycles. The molecule has 1 saturated heterocycles. The number of aromatic nitrogens is 1. The van der Waals surface area contributed by atoms with Gasteiger partial charge >= 0.3 is 0 Å². The number of rotatable bonds is 2. The topological polar surface area (TPSA) is 37.0 Å². The summed E-state index contributed by atoms with van der Waals surface area (Å²) in [7, 11) is 0. The van der Waals surface area contributed by atoms with Crippen LogP contribution in [0.4, 0.5) is 5.69 Å². The van der Waals surface area contributed by atoms with Crippen LogP contribution in [-0.4, -0.2) is 24.1 Å². The van der Waals surface area contributed by atoms with E-state index in [-0.39, 0.29) is 0 Å². The van der Waals surface area contributed by atoms with E-state index in [0.29, 0.717) is 6.04 Å². The van der Waals surface area contributed by atoms with Crippen LogP contribution in [0.2, 0.25) is 0 Å². The largest absolute Gasteiger partial charge is 0.380 e. The van der Waals surface area contributed by atoms with Crippen molar-refractivity contribution in [1.82, 2.24) is 10.3 Å². The monoisotopic (exact) mass is 163 g/mol. The molecule has 1 aliphatic heterocycles. The van der Waals surface area contributed by atoms with Gasteiger partial charge in [-0.15, -0.1) is 0 Å². The van der Waals surface area contributed by atoms with Gasteiger partial charge < -0.3 is 10.6 Å². The van der Waals surface area contributed by atoms with Gasteiger partial charge in [-0.05, 0) is 25.1 Å².